The van der Waals surface area contributed by atoms with Crippen LogP contribution >= 0.6 is 0 Å². The van der Waals surface area contributed by atoms with E-state index in [1.807, 2.05) is 19.1 Å². The third-order valence-electron chi connectivity index (χ3n) is 3.49. The van der Waals surface area contributed by atoms with Gasteiger partial charge in [0, 0.05) is 11.1 Å². The second kappa shape index (κ2) is 3.98. The number of benzene rings is 1. The smallest absolute Gasteiger partial charge is 0.163 e. The fraction of sp³-hybridized carbons (Fsp3) is 0.538. The first-order valence-electron chi connectivity index (χ1n) is 5.70. The molecule has 1 fully saturated rings. The SMILES string of the molecule is COc1ccc(C)c(C2(C)CCCN2)c1O. The maximum Gasteiger partial charge on any atom is 0.163 e. The molecule has 3 heteroatoms. The first kappa shape index (κ1) is 11.3. The van der Waals surface area contributed by atoms with E-state index in [4.69, 9.17) is 4.74 Å². The maximum absolute atomic E-state index is 10.2. The number of methoxy groups -OCH3 is 1. The van der Waals surface area contributed by atoms with E-state index in [0.717, 1.165) is 30.5 Å². The van der Waals surface area contributed by atoms with Crippen molar-refractivity contribution in [2.75, 3.05) is 13.7 Å². The van der Waals surface area contributed by atoms with Gasteiger partial charge < -0.3 is 15.2 Å². The predicted molar refractivity (Wildman–Crippen MR) is 64.0 cm³/mol. The Morgan fingerprint density at radius 2 is 2.19 bits per heavy atom. The van der Waals surface area contributed by atoms with Crippen molar-refractivity contribution in [1.29, 1.82) is 0 Å². The highest BCUT2D eigenvalue weighted by Crippen LogP contribution is 2.42. The summed E-state index contributed by atoms with van der Waals surface area (Å²) in [6.45, 7) is 5.17. The van der Waals surface area contributed by atoms with Crippen LogP contribution in [0.1, 0.15) is 30.9 Å². The lowest BCUT2D eigenvalue weighted by Gasteiger charge is -2.28. The van der Waals surface area contributed by atoms with Gasteiger partial charge in [0.15, 0.2) is 11.5 Å². The molecule has 3 nitrogen and oxygen atoms in total. The third-order valence-corrected chi connectivity index (χ3v) is 3.49. The summed E-state index contributed by atoms with van der Waals surface area (Å²) in [5.74, 6) is 0.829. The van der Waals surface area contributed by atoms with Crippen LogP contribution in [0.3, 0.4) is 0 Å². The number of rotatable bonds is 2. The van der Waals surface area contributed by atoms with Crippen LogP contribution in [0.15, 0.2) is 12.1 Å². The van der Waals surface area contributed by atoms with Gasteiger partial charge in [0.2, 0.25) is 0 Å². The summed E-state index contributed by atoms with van der Waals surface area (Å²) in [6.07, 6.45) is 2.20. The van der Waals surface area contributed by atoms with Gasteiger partial charge in [0.1, 0.15) is 0 Å². The van der Waals surface area contributed by atoms with Crippen molar-refractivity contribution in [3.63, 3.8) is 0 Å². The Labute approximate surface area is 96.4 Å². The number of nitrogens with one attached hydrogen (secondary N) is 1. The number of phenols is 1. The Morgan fingerprint density at radius 1 is 1.44 bits per heavy atom. The standard InChI is InChI=1S/C13H19NO2/c1-9-5-6-10(16-3)12(15)11(9)13(2)7-4-8-14-13/h5-6,14-15H,4,7-8H2,1-3H3. The molecule has 2 rings (SSSR count). The lowest BCUT2D eigenvalue weighted by molar-refractivity contribution is 0.350. The molecule has 16 heavy (non-hydrogen) atoms. The molecule has 0 spiro atoms. The van der Waals surface area contributed by atoms with Crippen LogP contribution < -0.4 is 10.1 Å². The highest BCUT2D eigenvalue weighted by atomic mass is 16.5. The Bertz CT molecular complexity index is 395. The van der Waals surface area contributed by atoms with Crippen LogP contribution in [0.25, 0.3) is 0 Å². The zero-order valence-corrected chi connectivity index (χ0v) is 10.1. The summed E-state index contributed by atoms with van der Waals surface area (Å²) in [7, 11) is 1.58. The molecule has 1 atom stereocenters. The van der Waals surface area contributed by atoms with Crippen LogP contribution in [-0.4, -0.2) is 18.8 Å². The summed E-state index contributed by atoms with van der Waals surface area (Å²) in [4.78, 5) is 0. The molecular weight excluding hydrogens is 202 g/mol. The minimum atomic E-state index is -0.122. The van der Waals surface area contributed by atoms with Gasteiger partial charge in [-0.2, -0.15) is 0 Å². The van der Waals surface area contributed by atoms with Crippen LogP contribution in [-0.2, 0) is 5.54 Å². The van der Waals surface area contributed by atoms with Crippen molar-refractivity contribution in [2.45, 2.75) is 32.2 Å². The second-order valence-electron chi connectivity index (χ2n) is 4.67. The monoisotopic (exact) mass is 221 g/mol. The molecule has 1 aromatic carbocycles. The first-order valence-corrected chi connectivity index (χ1v) is 5.70. The number of hydrogen-bond donors (Lipinski definition) is 2. The van der Waals surface area contributed by atoms with Crippen LogP contribution in [0, 0.1) is 6.92 Å². The molecule has 2 N–H and O–H groups in total. The van der Waals surface area contributed by atoms with Gasteiger partial charge in [-0.3, -0.25) is 0 Å². The van der Waals surface area contributed by atoms with E-state index >= 15 is 0 Å². The van der Waals surface area contributed by atoms with Gasteiger partial charge in [-0.1, -0.05) is 6.07 Å². The molecule has 0 aliphatic carbocycles. The lowest BCUT2D eigenvalue weighted by atomic mass is 9.86. The third kappa shape index (κ3) is 1.65. The van der Waals surface area contributed by atoms with Crippen molar-refractivity contribution >= 4 is 0 Å². The molecule has 0 aromatic heterocycles. The fourth-order valence-corrected chi connectivity index (χ4v) is 2.64. The molecule has 1 aliphatic rings. The summed E-state index contributed by atoms with van der Waals surface area (Å²) in [5, 5.41) is 13.7. The van der Waals surface area contributed by atoms with Crippen molar-refractivity contribution in [3.05, 3.63) is 23.3 Å². The molecule has 1 aliphatic heterocycles. The number of phenolic OH excluding ortho intramolecular Hbond substituents is 1. The number of hydrogen-bond acceptors (Lipinski definition) is 3. The highest BCUT2D eigenvalue weighted by Gasteiger charge is 2.34. The normalized spacial score (nSPS) is 24.7. The predicted octanol–water partition coefficient (Wildman–Crippen LogP) is 2.31. The number of aryl methyl sites for hydroxylation is 1. The van der Waals surface area contributed by atoms with E-state index in [9.17, 15) is 5.11 Å². The molecule has 1 unspecified atom stereocenters. The Kier molecular flexibility index (Phi) is 2.80. The molecule has 88 valence electrons. The Morgan fingerprint density at radius 3 is 2.75 bits per heavy atom. The zero-order valence-electron chi connectivity index (χ0n) is 10.1. The van der Waals surface area contributed by atoms with Gasteiger partial charge >= 0.3 is 0 Å². The van der Waals surface area contributed by atoms with E-state index < -0.39 is 0 Å². The molecule has 1 heterocycles. The van der Waals surface area contributed by atoms with E-state index in [2.05, 4.69) is 12.2 Å². The maximum atomic E-state index is 10.2. The lowest BCUT2D eigenvalue weighted by Crippen LogP contribution is -2.34. The first-order chi connectivity index (χ1) is 7.58. The van der Waals surface area contributed by atoms with Crippen molar-refractivity contribution < 1.29 is 9.84 Å². The molecule has 1 aromatic rings. The minimum Gasteiger partial charge on any atom is -0.504 e. The average molecular weight is 221 g/mol. The summed E-state index contributed by atoms with van der Waals surface area (Å²) in [5.41, 5.74) is 1.96. The zero-order chi connectivity index (χ0) is 11.8. The molecule has 0 amide bonds. The summed E-state index contributed by atoms with van der Waals surface area (Å²) >= 11 is 0. The van der Waals surface area contributed by atoms with E-state index in [1.54, 1.807) is 7.11 Å². The van der Waals surface area contributed by atoms with E-state index in [0.29, 0.717) is 5.75 Å². The molecular formula is C13H19NO2. The number of ether oxygens (including phenoxy) is 1. The van der Waals surface area contributed by atoms with Crippen LogP contribution in [0.2, 0.25) is 0 Å². The Hall–Kier alpha value is -1.22. The van der Waals surface area contributed by atoms with E-state index in [1.165, 1.54) is 0 Å². The summed E-state index contributed by atoms with van der Waals surface area (Å²) < 4.78 is 5.17. The van der Waals surface area contributed by atoms with Crippen molar-refractivity contribution in [2.24, 2.45) is 0 Å². The van der Waals surface area contributed by atoms with Crippen LogP contribution in [0.5, 0.6) is 11.5 Å². The molecule has 0 bridgehead atoms. The van der Waals surface area contributed by atoms with Gasteiger partial charge in [-0.15, -0.1) is 0 Å². The topological polar surface area (TPSA) is 41.5 Å². The van der Waals surface area contributed by atoms with Crippen molar-refractivity contribution in [1.82, 2.24) is 5.32 Å². The molecule has 0 radical (unpaired) electrons. The van der Waals surface area contributed by atoms with E-state index in [-0.39, 0.29) is 11.3 Å². The second-order valence-corrected chi connectivity index (χ2v) is 4.67. The summed E-state index contributed by atoms with van der Waals surface area (Å²) in [6, 6.07) is 3.81. The molecule has 1 saturated heterocycles. The van der Waals surface area contributed by atoms with Crippen molar-refractivity contribution in [3.8, 4) is 11.5 Å². The quantitative estimate of drug-likeness (QED) is 0.805. The van der Waals surface area contributed by atoms with Gasteiger partial charge in [0.05, 0.1) is 7.11 Å². The Balaban J connectivity index is 2.54. The average Bonchev–Trinajstić information content (AvgIpc) is 2.66. The minimum absolute atomic E-state index is 0.122. The highest BCUT2D eigenvalue weighted by molar-refractivity contribution is 5.52. The van der Waals surface area contributed by atoms with Gasteiger partial charge in [0.25, 0.3) is 0 Å². The van der Waals surface area contributed by atoms with Crippen LogP contribution in [0.4, 0.5) is 0 Å². The number of aromatic hydroxyl groups is 1. The molecule has 0 saturated carbocycles. The van der Waals surface area contributed by atoms with Gasteiger partial charge in [-0.25, -0.2) is 0 Å². The largest absolute Gasteiger partial charge is 0.504 e. The fourth-order valence-electron chi connectivity index (χ4n) is 2.64. The van der Waals surface area contributed by atoms with Gasteiger partial charge in [-0.05, 0) is 44.9 Å².